The Kier molecular flexibility index (Phi) is 9.02. The molecule has 8 nitrogen and oxygen atoms in total. The van der Waals surface area contributed by atoms with E-state index in [9.17, 15) is 21.6 Å². The fourth-order valence-corrected chi connectivity index (χ4v) is 5.18. The van der Waals surface area contributed by atoms with E-state index in [1.165, 1.54) is 24.3 Å². The molecule has 36 heavy (non-hydrogen) atoms. The summed E-state index contributed by atoms with van der Waals surface area (Å²) < 4.78 is 66.4. The van der Waals surface area contributed by atoms with Crippen LogP contribution in [0.5, 0.6) is 0 Å². The second-order valence-electron chi connectivity index (χ2n) is 8.22. The van der Waals surface area contributed by atoms with E-state index >= 15 is 0 Å². The van der Waals surface area contributed by atoms with Crippen molar-refractivity contribution < 1.29 is 34.7 Å². The number of carbonyl (C=O) groups is 1. The summed E-state index contributed by atoms with van der Waals surface area (Å²) in [5.74, 6) is -0.960. The van der Waals surface area contributed by atoms with Gasteiger partial charge in [-0.2, -0.15) is 16.8 Å². The van der Waals surface area contributed by atoms with Crippen molar-refractivity contribution >= 4 is 26.2 Å². The molecule has 0 aliphatic carbocycles. The molecule has 10 heteroatoms. The van der Waals surface area contributed by atoms with Crippen LogP contribution in [0.1, 0.15) is 36.1 Å². The SMILES string of the molecule is Cc1ccc(S(=O)(=O)OCCC(OS(=O)(=O)c2ccc(C)cc2)C(=O)OC(C)c2ccccc2)cc1. The Hall–Kier alpha value is -3.05. The quantitative estimate of drug-likeness (QED) is 0.262. The minimum atomic E-state index is -4.35. The molecule has 3 aromatic rings. The molecule has 3 aromatic carbocycles. The van der Waals surface area contributed by atoms with Gasteiger partial charge in [-0.25, -0.2) is 4.79 Å². The van der Waals surface area contributed by atoms with Crippen LogP contribution in [0.3, 0.4) is 0 Å². The van der Waals surface area contributed by atoms with E-state index in [2.05, 4.69) is 0 Å². The molecule has 0 aromatic heterocycles. The Labute approximate surface area is 212 Å². The Bertz CT molecular complexity index is 1370. The predicted octanol–water partition coefficient (Wildman–Crippen LogP) is 4.48. The van der Waals surface area contributed by atoms with E-state index in [4.69, 9.17) is 13.1 Å². The van der Waals surface area contributed by atoms with Crippen molar-refractivity contribution in [1.82, 2.24) is 0 Å². The molecule has 2 unspecified atom stereocenters. The summed E-state index contributed by atoms with van der Waals surface area (Å²) >= 11 is 0. The van der Waals surface area contributed by atoms with Crippen molar-refractivity contribution in [3.05, 3.63) is 95.6 Å². The Balaban J connectivity index is 1.76. The molecule has 0 aliphatic heterocycles. The van der Waals surface area contributed by atoms with Gasteiger partial charge in [0.25, 0.3) is 20.2 Å². The van der Waals surface area contributed by atoms with Crippen LogP contribution in [-0.4, -0.2) is 35.5 Å². The van der Waals surface area contributed by atoms with Gasteiger partial charge < -0.3 is 4.74 Å². The number of ether oxygens (including phenoxy) is 1. The lowest BCUT2D eigenvalue weighted by Crippen LogP contribution is -2.31. The largest absolute Gasteiger partial charge is 0.456 e. The average molecular weight is 533 g/mol. The van der Waals surface area contributed by atoms with Crippen LogP contribution < -0.4 is 0 Å². The lowest BCUT2D eigenvalue weighted by molar-refractivity contribution is -0.157. The smallest absolute Gasteiger partial charge is 0.337 e. The second-order valence-corrected chi connectivity index (χ2v) is 11.4. The molecule has 0 heterocycles. The normalized spacial score (nSPS) is 13.6. The first-order valence-electron chi connectivity index (χ1n) is 11.2. The standard InChI is InChI=1S/C26H28O8S2/c1-19-9-13-23(14-10-19)35(28,29)32-18-17-25(26(27)33-21(3)22-7-5-4-6-8-22)34-36(30,31)24-15-11-20(2)12-16-24/h4-16,21,25H,17-18H2,1-3H3. The summed E-state index contributed by atoms with van der Waals surface area (Å²) in [6, 6.07) is 20.8. The van der Waals surface area contributed by atoms with Gasteiger partial charge in [-0.3, -0.25) is 8.37 Å². The third-order valence-electron chi connectivity index (χ3n) is 5.31. The second kappa shape index (κ2) is 11.8. The Morgan fingerprint density at radius 3 is 1.78 bits per heavy atom. The maximum atomic E-state index is 12.9. The van der Waals surface area contributed by atoms with Gasteiger partial charge in [0.2, 0.25) is 0 Å². The molecule has 3 rings (SSSR count). The first-order chi connectivity index (χ1) is 17.0. The molecule has 2 atom stereocenters. The highest BCUT2D eigenvalue weighted by molar-refractivity contribution is 7.87. The van der Waals surface area contributed by atoms with E-state index in [0.717, 1.165) is 11.1 Å². The van der Waals surface area contributed by atoms with Crippen LogP contribution in [0.2, 0.25) is 0 Å². The maximum absolute atomic E-state index is 12.9. The number of carbonyl (C=O) groups excluding carboxylic acids is 1. The van der Waals surface area contributed by atoms with Crippen LogP contribution in [0.15, 0.2) is 88.7 Å². The summed E-state index contributed by atoms with van der Waals surface area (Å²) in [5.41, 5.74) is 2.42. The third kappa shape index (κ3) is 7.47. The van der Waals surface area contributed by atoms with Crippen molar-refractivity contribution in [2.45, 2.75) is 49.2 Å². The molecule has 0 fully saturated rings. The first kappa shape index (κ1) is 27.5. The Morgan fingerprint density at radius 1 is 0.750 bits per heavy atom. The molecule has 0 spiro atoms. The minimum absolute atomic E-state index is 0.0573. The molecule has 0 amide bonds. The van der Waals surface area contributed by atoms with Crippen LogP contribution in [0, 0.1) is 13.8 Å². The summed E-state index contributed by atoms with van der Waals surface area (Å²) in [5, 5.41) is 0. The summed E-state index contributed by atoms with van der Waals surface area (Å²) in [6.07, 6.45) is -2.70. The molecule has 192 valence electrons. The van der Waals surface area contributed by atoms with Crippen LogP contribution >= 0.6 is 0 Å². The number of hydrogen-bond donors (Lipinski definition) is 0. The van der Waals surface area contributed by atoms with E-state index in [1.54, 1.807) is 62.4 Å². The summed E-state index contributed by atoms with van der Waals surface area (Å²) in [7, 11) is -8.47. The number of benzene rings is 3. The zero-order chi connectivity index (χ0) is 26.3. The topological polar surface area (TPSA) is 113 Å². The van der Waals surface area contributed by atoms with Gasteiger partial charge >= 0.3 is 5.97 Å². The molecular weight excluding hydrogens is 504 g/mol. The Morgan fingerprint density at radius 2 is 1.25 bits per heavy atom. The van der Waals surface area contributed by atoms with Gasteiger partial charge in [-0.15, -0.1) is 0 Å². The van der Waals surface area contributed by atoms with Gasteiger partial charge in [-0.1, -0.05) is 65.7 Å². The molecule has 0 saturated heterocycles. The lowest BCUT2D eigenvalue weighted by atomic mass is 10.1. The fraction of sp³-hybridized carbons (Fsp3) is 0.269. The molecule has 0 saturated carbocycles. The van der Waals surface area contributed by atoms with E-state index in [-0.39, 0.29) is 16.2 Å². The van der Waals surface area contributed by atoms with Gasteiger partial charge in [-0.05, 0) is 50.6 Å². The highest BCUT2D eigenvalue weighted by Crippen LogP contribution is 2.22. The monoisotopic (exact) mass is 532 g/mol. The van der Waals surface area contributed by atoms with Gasteiger partial charge in [0, 0.05) is 6.42 Å². The fourth-order valence-electron chi connectivity index (χ4n) is 3.20. The number of esters is 1. The molecule has 0 aliphatic rings. The van der Waals surface area contributed by atoms with Crippen molar-refractivity contribution in [1.29, 1.82) is 0 Å². The first-order valence-corrected chi connectivity index (χ1v) is 14.0. The van der Waals surface area contributed by atoms with E-state index < -0.39 is 45.0 Å². The van der Waals surface area contributed by atoms with Crippen molar-refractivity contribution in [3.63, 3.8) is 0 Å². The highest BCUT2D eigenvalue weighted by Gasteiger charge is 2.31. The van der Waals surface area contributed by atoms with Crippen molar-refractivity contribution in [3.8, 4) is 0 Å². The van der Waals surface area contributed by atoms with Crippen LogP contribution in [-0.2, 0) is 38.1 Å². The third-order valence-corrected chi connectivity index (χ3v) is 7.97. The minimum Gasteiger partial charge on any atom is -0.456 e. The van der Waals surface area contributed by atoms with Crippen molar-refractivity contribution in [2.24, 2.45) is 0 Å². The highest BCUT2D eigenvalue weighted by atomic mass is 32.2. The van der Waals surface area contributed by atoms with Gasteiger partial charge in [0.1, 0.15) is 6.10 Å². The predicted molar refractivity (Wildman–Crippen MR) is 133 cm³/mol. The maximum Gasteiger partial charge on any atom is 0.337 e. The zero-order valence-electron chi connectivity index (χ0n) is 20.2. The summed E-state index contributed by atoms with van der Waals surface area (Å²) in [4.78, 5) is 12.7. The molecule has 0 N–H and O–H groups in total. The molecular formula is C26H28O8S2. The lowest BCUT2D eigenvalue weighted by Gasteiger charge is -2.20. The average Bonchev–Trinajstić information content (AvgIpc) is 2.84. The summed E-state index contributed by atoms with van der Waals surface area (Å²) in [6.45, 7) is 4.75. The number of aryl methyl sites for hydroxylation is 2. The van der Waals surface area contributed by atoms with E-state index in [1.807, 2.05) is 13.0 Å². The number of rotatable bonds is 11. The molecule has 0 radical (unpaired) electrons. The number of hydrogen-bond acceptors (Lipinski definition) is 8. The van der Waals surface area contributed by atoms with E-state index in [0.29, 0.717) is 5.56 Å². The van der Waals surface area contributed by atoms with Gasteiger partial charge in [0.15, 0.2) is 6.10 Å². The zero-order valence-corrected chi connectivity index (χ0v) is 21.8. The van der Waals surface area contributed by atoms with Crippen LogP contribution in [0.4, 0.5) is 0 Å². The van der Waals surface area contributed by atoms with Crippen molar-refractivity contribution in [2.75, 3.05) is 6.61 Å². The van der Waals surface area contributed by atoms with Gasteiger partial charge in [0.05, 0.1) is 16.4 Å². The van der Waals surface area contributed by atoms with Crippen LogP contribution in [0.25, 0.3) is 0 Å². The molecule has 0 bridgehead atoms.